The zero-order valence-electron chi connectivity index (χ0n) is 12.3. The van der Waals surface area contributed by atoms with Crippen molar-refractivity contribution in [2.24, 2.45) is 0 Å². The first-order chi connectivity index (χ1) is 10.6. The molecule has 1 aliphatic rings. The molecule has 22 heavy (non-hydrogen) atoms. The van der Waals surface area contributed by atoms with Gasteiger partial charge in [0.25, 0.3) is 0 Å². The molecule has 1 aromatic heterocycles. The van der Waals surface area contributed by atoms with Gasteiger partial charge in [-0.05, 0) is 19.1 Å². The standard InChI is InChI=1S/C14H16FN5O2/c1-9-16-13-8-19(5-6-20(13)18-9)14(21)17-10-3-4-12(22-2)11(15)7-10/h3-4,7H,5-6,8H2,1-2H3,(H,17,21). The van der Waals surface area contributed by atoms with E-state index in [1.165, 1.54) is 19.2 Å². The van der Waals surface area contributed by atoms with Crippen LogP contribution >= 0.6 is 0 Å². The van der Waals surface area contributed by atoms with Crippen LogP contribution in [0.3, 0.4) is 0 Å². The molecule has 116 valence electrons. The molecule has 2 amide bonds. The summed E-state index contributed by atoms with van der Waals surface area (Å²) in [5, 5.41) is 6.92. The number of urea groups is 1. The summed E-state index contributed by atoms with van der Waals surface area (Å²) in [5.74, 6) is 1.06. The monoisotopic (exact) mass is 305 g/mol. The highest BCUT2D eigenvalue weighted by atomic mass is 19.1. The van der Waals surface area contributed by atoms with Crippen molar-refractivity contribution in [1.82, 2.24) is 19.7 Å². The minimum absolute atomic E-state index is 0.138. The third-order valence-electron chi connectivity index (χ3n) is 3.46. The second-order valence-corrected chi connectivity index (χ2v) is 5.00. The summed E-state index contributed by atoms with van der Waals surface area (Å²) in [6.07, 6.45) is 0. The molecule has 8 heteroatoms. The van der Waals surface area contributed by atoms with Gasteiger partial charge in [0.15, 0.2) is 11.6 Å². The van der Waals surface area contributed by atoms with Crippen LogP contribution in [0.25, 0.3) is 0 Å². The minimum Gasteiger partial charge on any atom is -0.494 e. The molecule has 3 rings (SSSR count). The number of nitrogens with zero attached hydrogens (tertiary/aromatic N) is 4. The van der Waals surface area contributed by atoms with E-state index in [0.29, 0.717) is 31.1 Å². The van der Waals surface area contributed by atoms with Gasteiger partial charge in [-0.2, -0.15) is 5.10 Å². The molecule has 1 aromatic carbocycles. The molecule has 0 bridgehead atoms. The topological polar surface area (TPSA) is 72.3 Å². The molecule has 0 spiro atoms. The van der Waals surface area contributed by atoms with E-state index < -0.39 is 5.82 Å². The van der Waals surface area contributed by atoms with E-state index in [4.69, 9.17) is 4.74 Å². The smallest absolute Gasteiger partial charge is 0.322 e. The summed E-state index contributed by atoms with van der Waals surface area (Å²) in [5.41, 5.74) is 0.381. The number of halogens is 1. The average molecular weight is 305 g/mol. The lowest BCUT2D eigenvalue weighted by Gasteiger charge is -2.26. The van der Waals surface area contributed by atoms with E-state index in [1.54, 1.807) is 15.6 Å². The number of carbonyl (C=O) groups excluding carboxylic acids is 1. The Kier molecular flexibility index (Phi) is 3.66. The van der Waals surface area contributed by atoms with Crippen LogP contribution in [0.4, 0.5) is 14.9 Å². The van der Waals surface area contributed by atoms with Crippen LogP contribution in [0, 0.1) is 12.7 Å². The largest absolute Gasteiger partial charge is 0.494 e. The summed E-state index contributed by atoms with van der Waals surface area (Å²) < 4.78 is 20.3. The molecule has 1 aliphatic heterocycles. The highest BCUT2D eigenvalue weighted by Gasteiger charge is 2.23. The maximum Gasteiger partial charge on any atom is 0.322 e. The van der Waals surface area contributed by atoms with E-state index in [-0.39, 0.29) is 11.8 Å². The number of nitrogens with one attached hydrogen (secondary N) is 1. The van der Waals surface area contributed by atoms with Gasteiger partial charge >= 0.3 is 6.03 Å². The lowest BCUT2D eigenvalue weighted by Crippen LogP contribution is -2.41. The number of methoxy groups -OCH3 is 1. The van der Waals surface area contributed by atoms with Crippen LogP contribution in [-0.2, 0) is 13.1 Å². The lowest BCUT2D eigenvalue weighted by atomic mass is 10.3. The molecule has 1 N–H and O–H groups in total. The predicted octanol–water partition coefficient (Wildman–Crippen LogP) is 1.78. The molecular weight excluding hydrogens is 289 g/mol. The zero-order valence-corrected chi connectivity index (χ0v) is 12.3. The fraction of sp³-hybridized carbons (Fsp3) is 0.357. The van der Waals surface area contributed by atoms with E-state index in [1.807, 2.05) is 6.92 Å². The third kappa shape index (κ3) is 2.72. The van der Waals surface area contributed by atoms with Crippen LogP contribution < -0.4 is 10.1 Å². The molecule has 0 radical (unpaired) electrons. The molecule has 0 saturated heterocycles. The van der Waals surface area contributed by atoms with Gasteiger partial charge in [0.1, 0.15) is 11.6 Å². The van der Waals surface area contributed by atoms with E-state index in [0.717, 1.165) is 5.82 Å². The van der Waals surface area contributed by atoms with Crippen LogP contribution in [0.2, 0.25) is 0 Å². The number of hydrogen-bond acceptors (Lipinski definition) is 4. The number of fused-ring (bicyclic) bond motifs is 1. The van der Waals surface area contributed by atoms with Crippen molar-refractivity contribution in [1.29, 1.82) is 0 Å². The van der Waals surface area contributed by atoms with Gasteiger partial charge in [-0.15, -0.1) is 0 Å². The highest BCUT2D eigenvalue weighted by Crippen LogP contribution is 2.21. The van der Waals surface area contributed by atoms with Gasteiger partial charge in [0.05, 0.1) is 20.2 Å². The Hall–Kier alpha value is -2.64. The molecule has 2 heterocycles. The number of aryl methyl sites for hydroxylation is 1. The SMILES string of the molecule is COc1ccc(NC(=O)N2CCn3nc(C)nc3C2)cc1F. The van der Waals surface area contributed by atoms with Crippen molar-refractivity contribution in [3.63, 3.8) is 0 Å². The van der Waals surface area contributed by atoms with Crippen LogP contribution in [-0.4, -0.2) is 39.4 Å². The van der Waals surface area contributed by atoms with Crippen molar-refractivity contribution in [2.45, 2.75) is 20.0 Å². The van der Waals surface area contributed by atoms with Crippen LogP contribution in [0.1, 0.15) is 11.6 Å². The highest BCUT2D eigenvalue weighted by molar-refractivity contribution is 5.89. The zero-order chi connectivity index (χ0) is 15.7. The third-order valence-corrected chi connectivity index (χ3v) is 3.46. The Morgan fingerprint density at radius 2 is 2.23 bits per heavy atom. The van der Waals surface area contributed by atoms with Gasteiger partial charge < -0.3 is 15.0 Å². The van der Waals surface area contributed by atoms with E-state index in [9.17, 15) is 9.18 Å². The quantitative estimate of drug-likeness (QED) is 0.918. The van der Waals surface area contributed by atoms with Crippen molar-refractivity contribution in [3.8, 4) is 5.75 Å². The van der Waals surface area contributed by atoms with Crippen molar-refractivity contribution in [3.05, 3.63) is 35.7 Å². The molecule has 0 fully saturated rings. The first kappa shape index (κ1) is 14.3. The fourth-order valence-electron chi connectivity index (χ4n) is 2.38. The fourth-order valence-corrected chi connectivity index (χ4v) is 2.38. The lowest BCUT2D eigenvalue weighted by molar-refractivity contribution is 0.193. The molecule has 0 aliphatic carbocycles. The summed E-state index contributed by atoms with van der Waals surface area (Å²) in [4.78, 5) is 18.2. The number of benzene rings is 1. The van der Waals surface area contributed by atoms with Crippen LogP contribution in [0.5, 0.6) is 5.75 Å². The summed E-state index contributed by atoms with van der Waals surface area (Å²) >= 11 is 0. The Morgan fingerprint density at radius 1 is 1.41 bits per heavy atom. The van der Waals surface area contributed by atoms with Gasteiger partial charge in [-0.3, -0.25) is 0 Å². The first-order valence-electron chi connectivity index (χ1n) is 6.86. The van der Waals surface area contributed by atoms with E-state index in [2.05, 4.69) is 15.4 Å². The Balaban J connectivity index is 1.69. The maximum atomic E-state index is 13.6. The molecule has 2 aromatic rings. The number of anilines is 1. The van der Waals surface area contributed by atoms with Crippen LogP contribution in [0.15, 0.2) is 18.2 Å². The van der Waals surface area contributed by atoms with Crippen molar-refractivity contribution < 1.29 is 13.9 Å². The van der Waals surface area contributed by atoms with Crippen molar-refractivity contribution in [2.75, 3.05) is 19.0 Å². The van der Waals surface area contributed by atoms with E-state index >= 15 is 0 Å². The number of carbonyl (C=O) groups is 1. The summed E-state index contributed by atoms with van der Waals surface area (Å²) in [6.45, 7) is 3.32. The minimum atomic E-state index is -0.519. The second kappa shape index (κ2) is 5.63. The predicted molar refractivity (Wildman–Crippen MR) is 77.1 cm³/mol. The number of amides is 2. The van der Waals surface area contributed by atoms with Gasteiger partial charge in [-0.25, -0.2) is 18.9 Å². The number of aromatic nitrogens is 3. The molecule has 0 unspecified atom stereocenters. The maximum absolute atomic E-state index is 13.6. The normalized spacial score (nSPS) is 13.7. The Bertz CT molecular complexity index is 715. The van der Waals surface area contributed by atoms with Gasteiger partial charge in [0, 0.05) is 18.3 Å². The molecule has 7 nitrogen and oxygen atoms in total. The van der Waals surface area contributed by atoms with Gasteiger partial charge in [0.2, 0.25) is 0 Å². The first-order valence-corrected chi connectivity index (χ1v) is 6.86. The Morgan fingerprint density at radius 3 is 2.95 bits per heavy atom. The average Bonchev–Trinajstić information content (AvgIpc) is 2.86. The number of rotatable bonds is 2. The molecule has 0 atom stereocenters. The summed E-state index contributed by atoms with van der Waals surface area (Å²) in [6, 6.07) is 4.00. The number of hydrogen-bond donors (Lipinski definition) is 1. The summed E-state index contributed by atoms with van der Waals surface area (Å²) in [7, 11) is 1.39. The van der Waals surface area contributed by atoms with Crippen molar-refractivity contribution >= 4 is 11.7 Å². The molecule has 0 saturated carbocycles. The number of ether oxygens (including phenoxy) is 1. The molecular formula is C14H16FN5O2. The van der Waals surface area contributed by atoms with Gasteiger partial charge in [-0.1, -0.05) is 0 Å². The second-order valence-electron chi connectivity index (χ2n) is 5.00. The Labute approximate surface area is 126 Å².